The number of fused-ring (bicyclic) bond motifs is 1. The average molecular weight is 331 g/mol. The fraction of sp³-hybridized carbons (Fsp3) is 0.412. The number of halogens is 1. The molecule has 3 N–H and O–H groups in total. The van der Waals surface area contributed by atoms with E-state index < -0.39 is 5.54 Å². The number of rotatable bonds is 3. The lowest BCUT2D eigenvalue weighted by Crippen LogP contribution is -2.44. The third kappa shape index (κ3) is 2.77. The van der Waals surface area contributed by atoms with Crippen molar-refractivity contribution in [1.29, 1.82) is 0 Å². The maximum Gasteiger partial charge on any atom is 0.240 e. The number of benzene rings is 1. The molecule has 120 valence electrons. The van der Waals surface area contributed by atoms with Crippen molar-refractivity contribution in [2.24, 2.45) is 5.73 Å². The lowest BCUT2D eigenvalue weighted by molar-refractivity contribution is -0.124. The molecule has 1 aromatic carbocycles. The van der Waals surface area contributed by atoms with E-state index in [-0.39, 0.29) is 17.8 Å². The zero-order valence-electron chi connectivity index (χ0n) is 12.6. The van der Waals surface area contributed by atoms with Gasteiger partial charge in [0.25, 0.3) is 0 Å². The Morgan fingerprint density at radius 1 is 1.35 bits per heavy atom. The number of carbonyl (C=O) groups is 1. The number of nitrogens with one attached hydrogen (secondary N) is 1. The van der Waals surface area contributed by atoms with E-state index in [0.717, 1.165) is 53.2 Å². The summed E-state index contributed by atoms with van der Waals surface area (Å²) >= 11 is 1.59. The van der Waals surface area contributed by atoms with E-state index in [2.05, 4.69) is 5.32 Å². The van der Waals surface area contributed by atoms with E-state index in [0.29, 0.717) is 0 Å². The van der Waals surface area contributed by atoms with Crippen LogP contribution in [0.25, 0.3) is 10.6 Å². The lowest BCUT2D eigenvalue weighted by atomic mass is 9.97. The summed E-state index contributed by atoms with van der Waals surface area (Å²) in [6, 6.07) is 6.37. The number of amides is 1. The van der Waals surface area contributed by atoms with Gasteiger partial charge in [0.05, 0.1) is 22.2 Å². The Morgan fingerprint density at radius 3 is 2.78 bits per heavy atom. The van der Waals surface area contributed by atoms with Gasteiger partial charge >= 0.3 is 0 Å². The molecule has 4 nitrogen and oxygen atoms in total. The van der Waals surface area contributed by atoms with Crippen LogP contribution in [0.4, 0.5) is 4.39 Å². The van der Waals surface area contributed by atoms with Crippen LogP contribution in [-0.4, -0.2) is 16.4 Å². The number of thiazole rings is 1. The quantitative estimate of drug-likeness (QED) is 0.908. The van der Waals surface area contributed by atoms with Crippen LogP contribution in [0.5, 0.6) is 0 Å². The molecule has 6 heteroatoms. The first kappa shape index (κ1) is 14.8. The maximum absolute atomic E-state index is 13.1. The SMILES string of the molecule is NC1(C(=O)NC2CCCc3nc(-c4ccc(F)cc4)sc32)CC1. The Kier molecular flexibility index (Phi) is 3.46. The summed E-state index contributed by atoms with van der Waals surface area (Å²) in [6.07, 6.45) is 4.37. The van der Waals surface area contributed by atoms with Crippen molar-refractivity contribution in [3.63, 3.8) is 0 Å². The molecule has 1 amide bonds. The fourth-order valence-corrected chi connectivity index (χ4v) is 4.14. The second kappa shape index (κ2) is 5.39. The normalized spacial score (nSPS) is 21.6. The molecule has 1 saturated carbocycles. The monoisotopic (exact) mass is 331 g/mol. The second-order valence-corrected chi connectivity index (χ2v) is 7.44. The van der Waals surface area contributed by atoms with Crippen LogP contribution in [0.2, 0.25) is 0 Å². The van der Waals surface area contributed by atoms with E-state index in [1.165, 1.54) is 12.1 Å². The molecule has 23 heavy (non-hydrogen) atoms. The van der Waals surface area contributed by atoms with Gasteiger partial charge in [0, 0.05) is 5.56 Å². The fourth-order valence-electron chi connectivity index (χ4n) is 2.94. The highest BCUT2D eigenvalue weighted by atomic mass is 32.1. The van der Waals surface area contributed by atoms with Gasteiger partial charge in [-0.15, -0.1) is 11.3 Å². The molecule has 1 atom stereocenters. The Hall–Kier alpha value is -1.79. The summed E-state index contributed by atoms with van der Waals surface area (Å²) in [5, 5.41) is 3.98. The summed E-state index contributed by atoms with van der Waals surface area (Å²) < 4.78 is 13.1. The smallest absolute Gasteiger partial charge is 0.240 e. The lowest BCUT2D eigenvalue weighted by Gasteiger charge is -2.23. The third-order valence-electron chi connectivity index (χ3n) is 4.59. The molecule has 1 unspecified atom stereocenters. The standard InChI is InChI=1S/C17H18FN3OS/c18-11-6-4-10(5-7-11)15-20-12-2-1-3-13(14(12)23-15)21-16(22)17(19)8-9-17/h4-7,13H,1-3,8-9,19H2,(H,21,22). The molecule has 2 aromatic rings. The number of nitrogens with zero attached hydrogens (tertiary/aromatic N) is 1. The molecule has 4 rings (SSSR count). The summed E-state index contributed by atoms with van der Waals surface area (Å²) in [4.78, 5) is 18.0. The van der Waals surface area contributed by atoms with Crippen molar-refractivity contribution in [2.75, 3.05) is 0 Å². The van der Waals surface area contributed by atoms with E-state index in [1.54, 1.807) is 23.5 Å². The molecule has 1 fully saturated rings. The van der Waals surface area contributed by atoms with Crippen LogP contribution >= 0.6 is 11.3 Å². The van der Waals surface area contributed by atoms with Gasteiger partial charge in [0.1, 0.15) is 10.8 Å². The van der Waals surface area contributed by atoms with Gasteiger partial charge in [-0.1, -0.05) is 0 Å². The van der Waals surface area contributed by atoms with Crippen molar-refractivity contribution >= 4 is 17.2 Å². The highest BCUT2D eigenvalue weighted by Crippen LogP contribution is 2.39. The van der Waals surface area contributed by atoms with Crippen LogP contribution in [0.15, 0.2) is 24.3 Å². The molecule has 1 aromatic heterocycles. The number of carbonyl (C=O) groups excluding carboxylic acids is 1. The Labute approximate surface area is 137 Å². The topological polar surface area (TPSA) is 68.0 Å². The predicted octanol–water partition coefficient (Wildman–Crippen LogP) is 2.93. The molecule has 0 aliphatic heterocycles. The van der Waals surface area contributed by atoms with Crippen LogP contribution in [-0.2, 0) is 11.2 Å². The molecule has 0 bridgehead atoms. The van der Waals surface area contributed by atoms with Crippen molar-refractivity contribution in [3.8, 4) is 10.6 Å². The Balaban J connectivity index is 1.60. The largest absolute Gasteiger partial charge is 0.347 e. The zero-order valence-corrected chi connectivity index (χ0v) is 13.5. The van der Waals surface area contributed by atoms with E-state index in [9.17, 15) is 9.18 Å². The van der Waals surface area contributed by atoms with E-state index in [4.69, 9.17) is 10.7 Å². The summed E-state index contributed by atoms with van der Waals surface area (Å²) in [5.74, 6) is -0.301. The molecule has 2 aliphatic carbocycles. The van der Waals surface area contributed by atoms with Crippen molar-refractivity contribution in [1.82, 2.24) is 10.3 Å². The van der Waals surface area contributed by atoms with Gasteiger partial charge in [-0.2, -0.15) is 0 Å². The number of hydrogen-bond donors (Lipinski definition) is 2. The van der Waals surface area contributed by atoms with Crippen LogP contribution in [0.3, 0.4) is 0 Å². The highest BCUT2D eigenvalue weighted by Gasteiger charge is 2.46. The van der Waals surface area contributed by atoms with Crippen molar-refractivity contribution in [2.45, 2.75) is 43.7 Å². The minimum Gasteiger partial charge on any atom is -0.347 e. The van der Waals surface area contributed by atoms with Gasteiger partial charge in [0.2, 0.25) is 5.91 Å². The van der Waals surface area contributed by atoms with Gasteiger partial charge in [-0.25, -0.2) is 9.37 Å². The van der Waals surface area contributed by atoms with Gasteiger partial charge in [0.15, 0.2) is 0 Å². The summed E-state index contributed by atoms with van der Waals surface area (Å²) in [5.41, 5.74) is 7.29. The van der Waals surface area contributed by atoms with Gasteiger partial charge in [-0.3, -0.25) is 4.79 Å². The molecular formula is C17H18FN3OS. The second-order valence-electron chi connectivity index (χ2n) is 6.41. The molecule has 0 saturated heterocycles. The van der Waals surface area contributed by atoms with Crippen LogP contribution in [0, 0.1) is 5.82 Å². The van der Waals surface area contributed by atoms with Crippen molar-refractivity contribution in [3.05, 3.63) is 40.7 Å². The first-order chi connectivity index (χ1) is 11.0. The van der Waals surface area contributed by atoms with E-state index in [1.807, 2.05) is 0 Å². The predicted molar refractivity (Wildman–Crippen MR) is 87.5 cm³/mol. The van der Waals surface area contributed by atoms with Crippen molar-refractivity contribution < 1.29 is 9.18 Å². The Bertz CT molecular complexity index is 752. The van der Waals surface area contributed by atoms with E-state index >= 15 is 0 Å². The molecule has 1 heterocycles. The number of aryl methyl sites for hydroxylation is 1. The Morgan fingerprint density at radius 2 is 2.09 bits per heavy atom. The zero-order chi connectivity index (χ0) is 16.0. The minimum atomic E-state index is -0.651. The highest BCUT2D eigenvalue weighted by molar-refractivity contribution is 7.15. The first-order valence-corrected chi connectivity index (χ1v) is 8.72. The maximum atomic E-state index is 13.1. The minimum absolute atomic E-state index is 0.000951. The first-order valence-electron chi connectivity index (χ1n) is 7.90. The molecule has 2 aliphatic rings. The molecule has 0 spiro atoms. The number of hydrogen-bond acceptors (Lipinski definition) is 4. The number of aromatic nitrogens is 1. The molecule has 0 radical (unpaired) electrons. The van der Waals surface area contributed by atoms with Crippen LogP contribution < -0.4 is 11.1 Å². The third-order valence-corrected chi connectivity index (χ3v) is 5.85. The van der Waals surface area contributed by atoms with Crippen LogP contribution in [0.1, 0.15) is 42.3 Å². The van der Waals surface area contributed by atoms with Gasteiger partial charge in [-0.05, 0) is 56.4 Å². The summed E-state index contributed by atoms with van der Waals surface area (Å²) in [6.45, 7) is 0. The summed E-state index contributed by atoms with van der Waals surface area (Å²) in [7, 11) is 0. The number of nitrogens with two attached hydrogens (primary N) is 1. The average Bonchev–Trinajstić information content (AvgIpc) is 3.14. The molecular weight excluding hydrogens is 313 g/mol. The van der Waals surface area contributed by atoms with Gasteiger partial charge < -0.3 is 11.1 Å².